The topological polar surface area (TPSA) is 46.3 Å². The second-order valence-electron chi connectivity index (χ2n) is 4.12. The first kappa shape index (κ1) is 10.0. The molecule has 0 unspecified atom stereocenters. The highest BCUT2D eigenvalue weighted by atomic mass is 16.2. The number of nitrogen functional groups attached to an aromatic ring is 1. The Labute approximate surface area is 89.9 Å². The van der Waals surface area contributed by atoms with Crippen molar-refractivity contribution in [1.82, 2.24) is 0 Å². The Morgan fingerprint density at radius 3 is 2.87 bits per heavy atom. The number of hydrogen-bond acceptors (Lipinski definition) is 2. The van der Waals surface area contributed by atoms with Crippen LogP contribution in [0.15, 0.2) is 12.1 Å². The van der Waals surface area contributed by atoms with Crippen LogP contribution in [0.5, 0.6) is 0 Å². The Morgan fingerprint density at radius 1 is 1.47 bits per heavy atom. The van der Waals surface area contributed by atoms with Gasteiger partial charge >= 0.3 is 0 Å². The third-order valence-electron chi connectivity index (χ3n) is 2.88. The number of aryl methyl sites for hydroxylation is 2. The highest BCUT2D eigenvalue weighted by molar-refractivity contribution is 5.94. The van der Waals surface area contributed by atoms with Crippen LogP contribution in [-0.4, -0.2) is 12.5 Å². The lowest BCUT2D eigenvalue weighted by Crippen LogP contribution is -2.34. The summed E-state index contributed by atoms with van der Waals surface area (Å²) in [6, 6.07) is 3.91. The summed E-state index contributed by atoms with van der Waals surface area (Å²) in [5.41, 5.74) is 9.96. The second-order valence-corrected chi connectivity index (χ2v) is 4.12. The Morgan fingerprint density at radius 2 is 2.20 bits per heavy atom. The zero-order chi connectivity index (χ0) is 11.0. The zero-order valence-electron chi connectivity index (χ0n) is 9.21. The van der Waals surface area contributed by atoms with Gasteiger partial charge in [-0.25, -0.2) is 0 Å². The molecule has 0 radical (unpaired) electrons. The van der Waals surface area contributed by atoms with Crippen molar-refractivity contribution in [3.63, 3.8) is 0 Å². The molecule has 0 bridgehead atoms. The molecule has 0 atom stereocenters. The van der Waals surface area contributed by atoms with Gasteiger partial charge in [-0.05, 0) is 43.0 Å². The van der Waals surface area contributed by atoms with Gasteiger partial charge < -0.3 is 10.6 Å². The fourth-order valence-electron chi connectivity index (χ4n) is 2.31. The van der Waals surface area contributed by atoms with Gasteiger partial charge in [0.25, 0.3) is 0 Å². The van der Waals surface area contributed by atoms with Crippen LogP contribution in [0.1, 0.15) is 24.5 Å². The molecule has 2 rings (SSSR count). The maximum absolute atomic E-state index is 11.5. The molecule has 1 heterocycles. The molecular formula is C12H16N2O. The van der Waals surface area contributed by atoms with Crippen molar-refractivity contribution in [2.24, 2.45) is 0 Å². The molecule has 1 aromatic carbocycles. The molecule has 15 heavy (non-hydrogen) atoms. The lowest BCUT2D eigenvalue weighted by molar-refractivity contribution is -0.116. The summed E-state index contributed by atoms with van der Waals surface area (Å²) >= 11 is 0. The van der Waals surface area contributed by atoms with E-state index in [-0.39, 0.29) is 5.91 Å². The van der Waals surface area contributed by atoms with E-state index in [0.29, 0.717) is 0 Å². The molecule has 0 fully saturated rings. The molecule has 0 saturated heterocycles. The van der Waals surface area contributed by atoms with E-state index in [4.69, 9.17) is 5.73 Å². The Balaban J connectivity index is 2.55. The fourth-order valence-corrected chi connectivity index (χ4v) is 2.31. The van der Waals surface area contributed by atoms with E-state index in [1.54, 1.807) is 6.92 Å². The van der Waals surface area contributed by atoms with E-state index < -0.39 is 0 Å². The van der Waals surface area contributed by atoms with Crippen LogP contribution in [0.2, 0.25) is 0 Å². The molecule has 0 aliphatic carbocycles. The second kappa shape index (κ2) is 3.57. The number of nitrogens with two attached hydrogens (primary N) is 1. The first-order chi connectivity index (χ1) is 7.09. The van der Waals surface area contributed by atoms with Crippen LogP contribution in [0.25, 0.3) is 0 Å². The minimum atomic E-state index is 0.115. The molecule has 0 saturated carbocycles. The predicted octanol–water partition coefficient (Wildman–Crippen LogP) is 1.88. The van der Waals surface area contributed by atoms with Gasteiger partial charge in [0.2, 0.25) is 5.91 Å². The SMILES string of the molecule is CC(=O)N1CCCc2cc(N)cc(C)c21. The average Bonchev–Trinajstić information content (AvgIpc) is 2.16. The van der Waals surface area contributed by atoms with Gasteiger partial charge in [0.1, 0.15) is 0 Å². The summed E-state index contributed by atoms with van der Waals surface area (Å²) < 4.78 is 0. The van der Waals surface area contributed by atoms with Crippen LogP contribution in [0, 0.1) is 6.92 Å². The monoisotopic (exact) mass is 204 g/mol. The van der Waals surface area contributed by atoms with Crippen LogP contribution in [-0.2, 0) is 11.2 Å². The number of fused-ring (bicyclic) bond motifs is 1. The minimum Gasteiger partial charge on any atom is -0.399 e. The van der Waals surface area contributed by atoms with Crippen molar-refractivity contribution in [2.45, 2.75) is 26.7 Å². The van der Waals surface area contributed by atoms with Gasteiger partial charge in [0.15, 0.2) is 0 Å². The molecule has 0 spiro atoms. The Kier molecular flexibility index (Phi) is 2.39. The van der Waals surface area contributed by atoms with Crippen molar-refractivity contribution in [3.8, 4) is 0 Å². The summed E-state index contributed by atoms with van der Waals surface area (Å²) in [6.45, 7) is 4.45. The predicted molar refractivity (Wildman–Crippen MR) is 61.9 cm³/mol. The van der Waals surface area contributed by atoms with Crippen molar-refractivity contribution in [2.75, 3.05) is 17.2 Å². The van der Waals surface area contributed by atoms with Gasteiger partial charge in [0, 0.05) is 24.8 Å². The molecule has 1 aromatic rings. The molecule has 0 aromatic heterocycles. The number of nitrogens with zero attached hydrogens (tertiary/aromatic N) is 1. The zero-order valence-corrected chi connectivity index (χ0v) is 9.21. The Bertz CT molecular complexity index is 412. The standard InChI is InChI=1S/C12H16N2O/c1-8-6-11(13)7-10-4-3-5-14(9(2)15)12(8)10/h6-7H,3-5,13H2,1-2H3. The first-order valence-corrected chi connectivity index (χ1v) is 5.26. The number of benzene rings is 1. The normalized spacial score (nSPS) is 14.9. The highest BCUT2D eigenvalue weighted by Crippen LogP contribution is 2.32. The number of carbonyl (C=O) groups excluding carboxylic acids is 1. The van der Waals surface area contributed by atoms with Crippen molar-refractivity contribution < 1.29 is 4.79 Å². The van der Waals surface area contributed by atoms with E-state index in [1.807, 2.05) is 24.0 Å². The third-order valence-corrected chi connectivity index (χ3v) is 2.88. The third kappa shape index (κ3) is 1.69. The fraction of sp³-hybridized carbons (Fsp3) is 0.417. The molecule has 1 aliphatic rings. The number of amides is 1. The first-order valence-electron chi connectivity index (χ1n) is 5.26. The van der Waals surface area contributed by atoms with Crippen LogP contribution in [0.3, 0.4) is 0 Å². The minimum absolute atomic E-state index is 0.115. The number of rotatable bonds is 0. The van der Waals surface area contributed by atoms with Crippen LogP contribution in [0.4, 0.5) is 11.4 Å². The lowest BCUT2D eigenvalue weighted by Gasteiger charge is -2.30. The van der Waals surface area contributed by atoms with E-state index in [0.717, 1.165) is 36.3 Å². The maximum Gasteiger partial charge on any atom is 0.223 e. The number of anilines is 2. The van der Waals surface area contributed by atoms with Crippen molar-refractivity contribution in [3.05, 3.63) is 23.3 Å². The molecule has 1 aliphatic heterocycles. The van der Waals surface area contributed by atoms with Gasteiger partial charge in [-0.2, -0.15) is 0 Å². The summed E-state index contributed by atoms with van der Waals surface area (Å²) in [4.78, 5) is 13.3. The molecule has 3 heteroatoms. The highest BCUT2D eigenvalue weighted by Gasteiger charge is 2.21. The van der Waals surface area contributed by atoms with E-state index in [9.17, 15) is 4.79 Å². The van der Waals surface area contributed by atoms with Crippen molar-refractivity contribution in [1.29, 1.82) is 0 Å². The molecule has 1 amide bonds. The van der Waals surface area contributed by atoms with Gasteiger partial charge in [-0.15, -0.1) is 0 Å². The summed E-state index contributed by atoms with van der Waals surface area (Å²) in [6.07, 6.45) is 2.04. The molecule has 80 valence electrons. The Hall–Kier alpha value is -1.51. The summed E-state index contributed by atoms with van der Waals surface area (Å²) in [7, 11) is 0. The van der Waals surface area contributed by atoms with Crippen LogP contribution >= 0.6 is 0 Å². The summed E-state index contributed by atoms with van der Waals surface area (Å²) in [5.74, 6) is 0.115. The van der Waals surface area contributed by atoms with E-state index in [1.165, 1.54) is 5.56 Å². The lowest BCUT2D eigenvalue weighted by atomic mass is 9.97. The average molecular weight is 204 g/mol. The summed E-state index contributed by atoms with van der Waals surface area (Å²) in [5, 5.41) is 0. The largest absolute Gasteiger partial charge is 0.399 e. The van der Waals surface area contributed by atoms with Gasteiger partial charge in [0.05, 0.1) is 0 Å². The molecule has 2 N–H and O–H groups in total. The van der Waals surface area contributed by atoms with Gasteiger partial charge in [-0.1, -0.05) is 0 Å². The maximum atomic E-state index is 11.5. The quantitative estimate of drug-likeness (QED) is 0.656. The molecular weight excluding hydrogens is 188 g/mol. The van der Waals surface area contributed by atoms with Crippen molar-refractivity contribution >= 4 is 17.3 Å². The van der Waals surface area contributed by atoms with E-state index in [2.05, 4.69) is 0 Å². The van der Waals surface area contributed by atoms with Crippen LogP contribution < -0.4 is 10.6 Å². The smallest absolute Gasteiger partial charge is 0.223 e. The number of hydrogen-bond donors (Lipinski definition) is 1. The van der Waals surface area contributed by atoms with E-state index >= 15 is 0 Å². The van der Waals surface area contributed by atoms with Gasteiger partial charge in [-0.3, -0.25) is 4.79 Å². The molecule has 3 nitrogen and oxygen atoms in total. The number of carbonyl (C=O) groups is 1.